The normalized spacial score (nSPS) is 22.7. The largest absolute Gasteiger partial charge is 0.493 e. The molecule has 0 bridgehead atoms. The Morgan fingerprint density at radius 3 is 2.54 bits per heavy atom. The summed E-state index contributed by atoms with van der Waals surface area (Å²) in [6, 6.07) is 8.11. The van der Waals surface area contributed by atoms with Crippen LogP contribution in [0.25, 0.3) is 0 Å². The van der Waals surface area contributed by atoms with Gasteiger partial charge in [0.25, 0.3) is 0 Å². The molecule has 1 aromatic rings. The zero-order valence-corrected chi connectivity index (χ0v) is 16.0. The quantitative estimate of drug-likeness (QED) is 0.817. The minimum atomic E-state index is -3.19. The predicted octanol–water partition coefficient (Wildman–Crippen LogP) is 2.45. The Hall–Kier alpha value is -1.11. The Morgan fingerprint density at radius 2 is 1.96 bits per heavy atom. The van der Waals surface area contributed by atoms with E-state index in [1.54, 1.807) is 6.92 Å². The van der Waals surface area contributed by atoms with E-state index in [0.29, 0.717) is 12.5 Å². The van der Waals surface area contributed by atoms with E-state index < -0.39 is 10.0 Å². The number of hydrogen-bond donors (Lipinski definition) is 1. The third-order valence-corrected chi connectivity index (χ3v) is 6.08. The van der Waals surface area contributed by atoms with Crippen LogP contribution in [-0.4, -0.2) is 51.9 Å². The monoisotopic (exact) mass is 354 g/mol. The van der Waals surface area contributed by atoms with Crippen molar-refractivity contribution in [3.8, 4) is 5.75 Å². The summed E-state index contributed by atoms with van der Waals surface area (Å²) in [6.45, 7) is 8.25. The summed E-state index contributed by atoms with van der Waals surface area (Å²) in [5.74, 6) is 1.60. The van der Waals surface area contributed by atoms with Gasteiger partial charge in [0.1, 0.15) is 5.75 Å². The van der Waals surface area contributed by atoms with Crippen LogP contribution in [0.15, 0.2) is 24.3 Å². The molecule has 1 aliphatic rings. The van der Waals surface area contributed by atoms with Gasteiger partial charge >= 0.3 is 0 Å². The number of rotatable bonds is 7. The summed E-state index contributed by atoms with van der Waals surface area (Å²) in [5.41, 5.74) is 1.29. The van der Waals surface area contributed by atoms with Gasteiger partial charge in [0.2, 0.25) is 10.0 Å². The highest BCUT2D eigenvalue weighted by atomic mass is 32.2. The van der Waals surface area contributed by atoms with Crippen LogP contribution in [0.2, 0.25) is 0 Å². The number of piperidine rings is 1. The van der Waals surface area contributed by atoms with Crippen LogP contribution in [-0.2, 0) is 10.0 Å². The van der Waals surface area contributed by atoms with Gasteiger partial charge in [-0.05, 0) is 50.6 Å². The van der Waals surface area contributed by atoms with Crippen molar-refractivity contribution in [2.75, 3.05) is 32.5 Å². The lowest BCUT2D eigenvalue weighted by Crippen LogP contribution is -2.52. The van der Waals surface area contributed by atoms with Crippen molar-refractivity contribution >= 4 is 10.0 Å². The zero-order valence-electron chi connectivity index (χ0n) is 15.2. The van der Waals surface area contributed by atoms with E-state index in [9.17, 15) is 8.42 Å². The Balaban J connectivity index is 1.98. The van der Waals surface area contributed by atoms with E-state index in [2.05, 4.69) is 42.6 Å². The Labute approximate surface area is 146 Å². The van der Waals surface area contributed by atoms with Gasteiger partial charge in [-0.1, -0.05) is 26.0 Å². The summed E-state index contributed by atoms with van der Waals surface area (Å²) in [6.07, 6.45) is 0.816. The molecule has 24 heavy (non-hydrogen) atoms. The van der Waals surface area contributed by atoms with E-state index in [4.69, 9.17) is 4.74 Å². The number of sulfonamides is 1. The molecule has 6 heteroatoms. The zero-order chi connectivity index (χ0) is 17.7. The number of nitrogens with zero attached hydrogens (tertiary/aromatic N) is 1. The maximum atomic E-state index is 11.9. The van der Waals surface area contributed by atoms with Gasteiger partial charge in [-0.25, -0.2) is 13.1 Å². The molecule has 2 atom stereocenters. The van der Waals surface area contributed by atoms with Crippen molar-refractivity contribution in [1.29, 1.82) is 0 Å². The van der Waals surface area contributed by atoms with Crippen LogP contribution in [0, 0.1) is 5.92 Å². The number of hydrogen-bond acceptors (Lipinski definition) is 4. The Bertz CT molecular complexity index is 614. The van der Waals surface area contributed by atoms with E-state index in [1.165, 1.54) is 5.56 Å². The fourth-order valence-electron chi connectivity index (χ4n) is 3.00. The number of benzene rings is 1. The van der Waals surface area contributed by atoms with Crippen molar-refractivity contribution in [2.24, 2.45) is 5.92 Å². The van der Waals surface area contributed by atoms with Crippen LogP contribution in [0.4, 0.5) is 0 Å². The van der Waals surface area contributed by atoms with E-state index in [1.807, 2.05) is 12.1 Å². The molecule has 5 nitrogen and oxygen atoms in total. The van der Waals surface area contributed by atoms with Gasteiger partial charge < -0.3 is 9.64 Å². The van der Waals surface area contributed by atoms with Crippen LogP contribution >= 0.6 is 0 Å². The standard InChI is InChI=1S/C18H30N2O3S/c1-5-24(21,22)19-18-10-11-20(4)12-16(18)13-23-17-8-6-15(7-9-17)14(2)3/h6-9,14,16,18-19H,5,10-13H2,1-4H3/t16-,18+/m0/s1. The summed E-state index contributed by atoms with van der Waals surface area (Å²) in [4.78, 5) is 2.23. The molecule has 0 amide bonds. The first kappa shape index (κ1) is 19.2. The highest BCUT2D eigenvalue weighted by molar-refractivity contribution is 7.89. The molecule has 2 rings (SSSR count). The van der Waals surface area contributed by atoms with Gasteiger partial charge in [-0.2, -0.15) is 0 Å². The molecule has 1 heterocycles. The second-order valence-corrected chi connectivity index (χ2v) is 9.02. The van der Waals surface area contributed by atoms with Crippen molar-refractivity contribution in [3.05, 3.63) is 29.8 Å². The topological polar surface area (TPSA) is 58.6 Å². The molecule has 0 radical (unpaired) electrons. The molecule has 1 aliphatic heterocycles. The molecule has 136 valence electrons. The number of likely N-dealkylation sites (tertiary alicyclic amines) is 1. The van der Waals surface area contributed by atoms with Crippen LogP contribution < -0.4 is 9.46 Å². The van der Waals surface area contributed by atoms with Gasteiger partial charge in [0.15, 0.2) is 0 Å². The van der Waals surface area contributed by atoms with Crippen molar-refractivity contribution in [2.45, 2.75) is 39.2 Å². The molecule has 0 spiro atoms. The summed E-state index contributed by atoms with van der Waals surface area (Å²) >= 11 is 0. The first-order valence-electron chi connectivity index (χ1n) is 8.72. The molecule has 0 aliphatic carbocycles. The van der Waals surface area contributed by atoms with Gasteiger partial charge in [-0.15, -0.1) is 0 Å². The minimum Gasteiger partial charge on any atom is -0.493 e. The lowest BCUT2D eigenvalue weighted by atomic mass is 9.94. The molecule has 1 saturated heterocycles. The van der Waals surface area contributed by atoms with Gasteiger partial charge in [-0.3, -0.25) is 0 Å². The third-order valence-electron chi connectivity index (χ3n) is 4.66. The van der Waals surface area contributed by atoms with Crippen molar-refractivity contribution < 1.29 is 13.2 Å². The first-order valence-corrected chi connectivity index (χ1v) is 10.4. The Morgan fingerprint density at radius 1 is 1.29 bits per heavy atom. The second kappa shape index (κ2) is 8.32. The molecular weight excluding hydrogens is 324 g/mol. The molecule has 1 aromatic carbocycles. The predicted molar refractivity (Wildman–Crippen MR) is 98.0 cm³/mol. The fraction of sp³-hybridized carbons (Fsp3) is 0.667. The third kappa shape index (κ3) is 5.46. The molecule has 1 N–H and O–H groups in total. The lowest BCUT2D eigenvalue weighted by molar-refractivity contribution is 0.125. The van der Waals surface area contributed by atoms with Crippen molar-refractivity contribution in [1.82, 2.24) is 9.62 Å². The van der Waals surface area contributed by atoms with Crippen LogP contribution in [0.3, 0.4) is 0 Å². The first-order chi connectivity index (χ1) is 11.3. The molecule has 1 fully saturated rings. The van der Waals surface area contributed by atoms with Gasteiger partial charge in [0, 0.05) is 18.5 Å². The lowest BCUT2D eigenvalue weighted by Gasteiger charge is -2.36. The maximum Gasteiger partial charge on any atom is 0.211 e. The smallest absolute Gasteiger partial charge is 0.211 e. The van der Waals surface area contributed by atoms with Crippen LogP contribution in [0.5, 0.6) is 5.75 Å². The highest BCUT2D eigenvalue weighted by Crippen LogP contribution is 2.22. The molecule has 0 unspecified atom stereocenters. The summed E-state index contributed by atoms with van der Waals surface area (Å²) in [5, 5.41) is 0. The van der Waals surface area contributed by atoms with E-state index >= 15 is 0 Å². The molecular formula is C18H30N2O3S. The van der Waals surface area contributed by atoms with E-state index in [-0.39, 0.29) is 17.7 Å². The summed E-state index contributed by atoms with van der Waals surface area (Å²) < 4.78 is 32.6. The molecule has 0 saturated carbocycles. The average molecular weight is 355 g/mol. The number of nitrogens with one attached hydrogen (secondary N) is 1. The average Bonchev–Trinajstić information content (AvgIpc) is 2.55. The fourth-order valence-corrected chi connectivity index (χ4v) is 3.94. The van der Waals surface area contributed by atoms with Gasteiger partial charge in [0.05, 0.1) is 12.4 Å². The van der Waals surface area contributed by atoms with Crippen LogP contribution in [0.1, 0.15) is 38.7 Å². The van der Waals surface area contributed by atoms with Crippen molar-refractivity contribution in [3.63, 3.8) is 0 Å². The highest BCUT2D eigenvalue weighted by Gasteiger charge is 2.30. The summed E-state index contributed by atoms with van der Waals surface area (Å²) in [7, 11) is -1.13. The minimum absolute atomic E-state index is 0.0545. The maximum absolute atomic E-state index is 11.9. The Kier molecular flexibility index (Phi) is 6.66. The van der Waals surface area contributed by atoms with E-state index in [0.717, 1.165) is 25.3 Å². The second-order valence-electron chi connectivity index (χ2n) is 6.97. The molecule has 0 aromatic heterocycles. The number of ether oxygens (including phenoxy) is 1. The SMILES string of the molecule is CCS(=O)(=O)N[C@@H]1CCN(C)C[C@H]1COc1ccc(C(C)C)cc1.